The summed E-state index contributed by atoms with van der Waals surface area (Å²) < 4.78 is 5.20. The van der Waals surface area contributed by atoms with Gasteiger partial charge >= 0.3 is 0 Å². The van der Waals surface area contributed by atoms with Gasteiger partial charge in [-0.15, -0.1) is 10.2 Å². The fourth-order valence-electron chi connectivity index (χ4n) is 2.02. The van der Waals surface area contributed by atoms with Gasteiger partial charge in [-0.2, -0.15) is 0 Å². The van der Waals surface area contributed by atoms with E-state index in [1.165, 1.54) is 16.9 Å². The van der Waals surface area contributed by atoms with Crippen LogP contribution in [-0.2, 0) is 17.6 Å². The minimum atomic E-state index is -0.0844. The zero-order valence-corrected chi connectivity index (χ0v) is 12.7. The first kappa shape index (κ1) is 14.5. The molecule has 0 aliphatic heterocycles. The minimum Gasteiger partial charge on any atom is -0.469 e. The molecule has 22 heavy (non-hydrogen) atoms. The molecule has 1 N–H and O–H groups in total. The molecule has 3 aromatic rings. The van der Waals surface area contributed by atoms with Crippen LogP contribution in [-0.4, -0.2) is 16.1 Å². The van der Waals surface area contributed by atoms with Crippen molar-refractivity contribution in [3.63, 3.8) is 0 Å². The maximum Gasteiger partial charge on any atom is 0.226 e. The van der Waals surface area contributed by atoms with Gasteiger partial charge in [0.05, 0.1) is 6.26 Å². The fraction of sp³-hybridized carbons (Fsp3) is 0.188. The van der Waals surface area contributed by atoms with Crippen LogP contribution in [0.5, 0.6) is 0 Å². The van der Waals surface area contributed by atoms with Gasteiger partial charge < -0.3 is 9.73 Å². The highest BCUT2D eigenvalue weighted by Crippen LogP contribution is 2.18. The Labute approximate surface area is 132 Å². The summed E-state index contributed by atoms with van der Waals surface area (Å²) in [6, 6.07) is 13.7. The number of hydrogen-bond donors (Lipinski definition) is 1. The average molecular weight is 313 g/mol. The number of aromatic nitrogens is 2. The van der Waals surface area contributed by atoms with Gasteiger partial charge in [0.25, 0.3) is 0 Å². The molecule has 0 atom stereocenters. The third kappa shape index (κ3) is 4.02. The molecule has 0 radical (unpaired) electrons. The van der Waals surface area contributed by atoms with Crippen LogP contribution in [0, 0.1) is 0 Å². The first-order valence-electron chi connectivity index (χ1n) is 6.98. The van der Waals surface area contributed by atoms with Crippen LogP contribution in [0.4, 0.5) is 5.13 Å². The molecule has 0 bridgehead atoms. The number of benzene rings is 1. The normalized spacial score (nSPS) is 10.5. The molecule has 0 unspecified atom stereocenters. The third-order valence-corrected chi connectivity index (χ3v) is 3.93. The van der Waals surface area contributed by atoms with Crippen LogP contribution >= 0.6 is 11.3 Å². The van der Waals surface area contributed by atoms with E-state index < -0.39 is 0 Å². The number of aryl methyl sites for hydroxylation is 1. The number of furan rings is 1. The molecule has 0 spiro atoms. The molecule has 5 nitrogen and oxygen atoms in total. The van der Waals surface area contributed by atoms with Crippen LogP contribution in [0.2, 0.25) is 0 Å². The van der Waals surface area contributed by atoms with Crippen LogP contribution in [0.15, 0.2) is 53.1 Å². The molecule has 2 heterocycles. The van der Waals surface area contributed by atoms with E-state index >= 15 is 0 Å². The van der Waals surface area contributed by atoms with Crippen LogP contribution in [0.25, 0.3) is 0 Å². The largest absolute Gasteiger partial charge is 0.469 e. The van der Waals surface area contributed by atoms with Crippen molar-refractivity contribution in [3.8, 4) is 0 Å². The predicted octanol–water partition coefficient (Wildman–Crippen LogP) is 3.29. The summed E-state index contributed by atoms with van der Waals surface area (Å²) in [6.07, 6.45) is 3.27. The summed E-state index contributed by atoms with van der Waals surface area (Å²) in [4.78, 5) is 11.9. The Bertz CT molecular complexity index is 723. The molecule has 0 saturated carbocycles. The molecule has 2 aromatic heterocycles. The lowest BCUT2D eigenvalue weighted by atomic mass is 10.2. The van der Waals surface area contributed by atoms with Gasteiger partial charge in [-0.05, 0) is 17.7 Å². The monoisotopic (exact) mass is 313 g/mol. The summed E-state index contributed by atoms with van der Waals surface area (Å²) in [5, 5.41) is 12.3. The Morgan fingerprint density at radius 1 is 1.14 bits per heavy atom. The van der Waals surface area contributed by atoms with E-state index in [2.05, 4.69) is 15.5 Å². The molecule has 6 heteroatoms. The Morgan fingerprint density at radius 2 is 2.00 bits per heavy atom. The highest BCUT2D eigenvalue weighted by Gasteiger charge is 2.09. The van der Waals surface area contributed by atoms with E-state index in [0.29, 0.717) is 18.0 Å². The quantitative estimate of drug-likeness (QED) is 0.758. The zero-order chi connectivity index (χ0) is 15.2. The van der Waals surface area contributed by atoms with Crippen molar-refractivity contribution in [1.29, 1.82) is 0 Å². The molecule has 0 aliphatic carbocycles. The van der Waals surface area contributed by atoms with E-state index in [-0.39, 0.29) is 5.91 Å². The van der Waals surface area contributed by atoms with Gasteiger partial charge in [0, 0.05) is 19.3 Å². The van der Waals surface area contributed by atoms with Crippen molar-refractivity contribution >= 4 is 22.4 Å². The zero-order valence-electron chi connectivity index (χ0n) is 11.9. The Hall–Kier alpha value is -2.47. The van der Waals surface area contributed by atoms with Crippen molar-refractivity contribution in [2.75, 3.05) is 5.32 Å². The minimum absolute atomic E-state index is 0.0844. The molecule has 1 aromatic carbocycles. The lowest BCUT2D eigenvalue weighted by Crippen LogP contribution is -2.11. The number of rotatable bonds is 6. The van der Waals surface area contributed by atoms with Crippen molar-refractivity contribution in [2.45, 2.75) is 19.3 Å². The van der Waals surface area contributed by atoms with Crippen LogP contribution < -0.4 is 5.32 Å². The predicted molar refractivity (Wildman–Crippen MR) is 84.8 cm³/mol. The maximum atomic E-state index is 11.9. The van der Waals surface area contributed by atoms with Crippen LogP contribution in [0.3, 0.4) is 0 Å². The highest BCUT2D eigenvalue weighted by atomic mass is 32.1. The summed E-state index contributed by atoms with van der Waals surface area (Å²) in [5.41, 5.74) is 1.18. The second-order valence-corrected chi connectivity index (χ2v) is 5.85. The summed E-state index contributed by atoms with van der Waals surface area (Å²) >= 11 is 1.40. The van der Waals surface area contributed by atoms with Gasteiger partial charge in [-0.3, -0.25) is 4.79 Å². The SMILES string of the molecule is O=C(CCc1ccco1)Nc1nnc(Cc2ccccc2)s1. The molecule has 1 amide bonds. The number of amides is 1. The van der Waals surface area contributed by atoms with Gasteiger partial charge in [-0.1, -0.05) is 41.7 Å². The Morgan fingerprint density at radius 3 is 2.77 bits per heavy atom. The molecular weight excluding hydrogens is 298 g/mol. The molecular formula is C16H15N3O2S. The highest BCUT2D eigenvalue weighted by molar-refractivity contribution is 7.15. The molecule has 0 saturated heterocycles. The van der Waals surface area contributed by atoms with Crippen molar-refractivity contribution in [2.24, 2.45) is 0 Å². The average Bonchev–Trinajstić information content (AvgIpc) is 3.18. The number of carbonyl (C=O) groups excluding carboxylic acids is 1. The van der Waals surface area contributed by atoms with Gasteiger partial charge in [0.15, 0.2) is 0 Å². The second kappa shape index (κ2) is 7.00. The van der Waals surface area contributed by atoms with E-state index in [9.17, 15) is 4.79 Å². The van der Waals surface area contributed by atoms with Crippen molar-refractivity contribution in [1.82, 2.24) is 10.2 Å². The number of anilines is 1. The molecule has 0 fully saturated rings. The molecule has 0 aliphatic rings. The maximum absolute atomic E-state index is 11.9. The summed E-state index contributed by atoms with van der Waals surface area (Å²) in [6.45, 7) is 0. The standard InChI is InChI=1S/C16H15N3O2S/c20-14(9-8-13-7-4-10-21-13)17-16-19-18-15(22-16)11-12-5-2-1-3-6-12/h1-7,10H,8-9,11H2,(H,17,19,20). The topological polar surface area (TPSA) is 68.0 Å². The fourth-order valence-corrected chi connectivity index (χ4v) is 2.81. The first-order chi connectivity index (χ1) is 10.8. The summed E-state index contributed by atoms with van der Waals surface area (Å²) in [7, 11) is 0. The summed E-state index contributed by atoms with van der Waals surface area (Å²) in [5.74, 6) is 0.719. The van der Waals surface area contributed by atoms with E-state index in [4.69, 9.17) is 4.42 Å². The first-order valence-corrected chi connectivity index (χ1v) is 7.80. The number of nitrogens with zero attached hydrogens (tertiary/aromatic N) is 2. The lowest BCUT2D eigenvalue weighted by molar-refractivity contribution is -0.116. The molecule has 112 valence electrons. The smallest absolute Gasteiger partial charge is 0.226 e. The van der Waals surface area contributed by atoms with E-state index in [0.717, 1.165) is 17.2 Å². The Kier molecular flexibility index (Phi) is 4.60. The molecule has 3 rings (SSSR count). The number of hydrogen-bond acceptors (Lipinski definition) is 5. The number of carbonyl (C=O) groups is 1. The van der Waals surface area contributed by atoms with E-state index in [1.54, 1.807) is 6.26 Å². The van der Waals surface area contributed by atoms with Crippen molar-refractivity contribution in [3.05, 3.63) is 65.1 Å². The lowest BCUT2D eigenvalue weighted by Gasteiger charge is -1.99. The van der Waals surface area contributed by atoms with Gasteiger partial charge in [0.2, 0.25) is 11.0 Å². The van der Waals surface area contributed by atoms with Gasteiger partial charge in [0.1, 0.15) is 10.8 Å². The third-order valence-electron chi connectivity index (χ3n) is 3.09. The second-order valence-electron chi connectivity index (χ2n) is 4.79. The van der Waals surface area contributed by atoms with Gasteiger partial charge in [-0.25, -0.2) is 0 Å². The number of nitrogens with one attached hydrogen (secondary N) is 1. The van der Waals surface area contributed by atoms with Crippen LogP contribution in [0.1, 0.15) is 22.8 Å². The van der Waals surface area contributed by atoms with Crippen molar-refractivity contribution < 1.29 is 9.21 Å². The Balaban J connectivity index is 1.51. The van der Waals surface area contributed by atoms with E-state index in [1.807, 2.05) is 42.5 Å².